The zero-order valence-corrected chi connectivity index (χ0v) is 14.3. The number of urea groups is 1. The van der Waals surface area contributed by atoms with Gasteiger partial charge in [-0.25, -0.2) is 14.8 Å². The van der Waals surface area contributed by atoms with Crippen LogP contribution in [0.1, 0.15) is 30.4 Å². The molecule has 1 aliphatic rings. The number of carbonyl (C=O) groups excluding carboxylic acids is 2. The monoisotopic (exact) mass is 350 g/mol. The Morgan fingerprint density at radius 1 is 1.31 bits per heavy atom. The van der Waals surface area contributed by atoms with Crippen LogP contribution in [0.25, 0.3) is 16.9 Å². The zero-order valence-electron chi connectivity index (χ0n) is 14.3. The molecule has 2 N–H and O–H groups in total. The van der Waals surface area contributed by atoms with E-state index in [9.17, 15) is 9.59 Å². The molecule has 0 atom stereocenters. The van der Waals surface area contributed by atoms with Crippen molar-refractivity contribution >= 4 is 23.3 Å². The van der Waals surface area contributed by atoms with E-state index >= 15 is 0 Å². The third-order valence-corrected chi connectivity index (χ3v) is 4.16. The summed E-state index contributed by atoms with van der Waals surface area (Å²) in [6, 6.07) is 5.14. The van der Waals surface area contributed by atoms with E-state index in [0.717, 1.165) is 18.4 Å². The highest BCUT2D eigenvalue weighted by Gasteiger charge is 2.33. The fraction of sp³-hybridized carbons (Fsp3) is 0.278. The molecule has 1 saturated carbocycles. The third kappa shape index (κ3) is 3.13. The van der Waals surface area contributed by atoms with E-state index in [4.69, 9.17) is 0 Å². The fourth-order valence-corrected chi connectivity index (χ4v) is 2.73. The lowest BCUT2D eigenvalue weighted by molar-refractivity contribution is 0.0956. The largest absolute Gasteiger partial charge is 0.338 e. The molecule has 1 fully saturated rings. The van der Waals surface area contributed by atoms with Crippen molar-refractivity contribution in [3.05, 3.63) is 42.6 Å². The van der Waals surface area contributed by atoms with Crippen LogP contribution in [0.2, 0.25) is 0 Å². The molecule has 0 saturated heterocycles. The van der Waals surface area contributed by atoms with Crippen molar-refractivity contribution in [3.63, 3.8) is 0 Å². The fourth-order valence-electron chi connectivity index (χ4n) is 2.73. The number of rotatable bonds is 5. The number of pyridine rings is 1. The molecule has 8 heteroatoms. The summed E-state index contributed by atoms with van der Waals surface area (Å²) in [7, 11) is 0. The number of carbonyl (C=O) groups is 2. The first-order valence-electron chi connectivity index (χ1n) is 8.55. The minimum atomic E-state index is -0.341. The maximum atomic E-state index is 12.7. The molecule has 0 spiro atoms. The molecule has 26 heavy (non-hydrogen) atoms. The molecule has 2 amide bonds. The van der Waals surface area contributed by atoms with Gasteiger partial charge in [0, 0.05) is 36.5 Å². The Labute approximate surface area is 149 Å². The van der Waals surface area contributed by atoms with Gasteiger partial charge in [0.05, 0.1) is 11.9 Å². The van der Waals surface area contributed by atoms with Gasteiger partial charge in [-0.1, -0.05) is 0 Å². The zero-order chi connectivity index (χ0) is 18.1. The number of fused-ring (bicyclic) bond motifs is 1. The highest BCUT2D eigenvalue weighted by atomic mass is 16.2. The first-order valence-corrected chi connectivity index (χ1v) is 8.55. The average molecular weight is 350 g/mol. The first kappa shape index (κ1) is 16.2. The van der Waals surface area contributed by atoms with Crippen LogP contribution in [0.3, 0.4) is 0 Å². The van der Waals surface area contributed by atoms with Crippen molar-refractivity contribution < 1.29 is 9.59 Å². The maximum Gasteiger partial charge on any atom is 0.320 e. The summed E-state index contributed by atoms with van der Waals surface area (Å²) in [6.07, 6.45) is 6.78. The van der Waals surface area contributed by atoms with Crippen molar-refractivity contribution in [3.8, 4) is 11.3 Å². The number of Topliss-reactive ketones (excluding diaryl/α,β-unsaturated/α-hetero) is 1. The van der Waals surface area contributed by atoms with E-state index in [2.05, 4.69) is 25.6 Å². The number of anilines is 1. The molecular weight excluding hydrogens is 332 g/mol. The van der Waals surface area contributed by atoms with Crippen LogP contribution in [-0.2, 0) is 0 Å². The van der Waals surface area contributed by atoms with Crippen LogP contribution in [0.15, 0.2) is 36.8 Å². The lowest BCUT2D eigenvalue weighted by Crippen LogP contribution is -2.28. The van der Waals surface area contributed by atoms with Gasteiger partial charge in [-0.2, -0.15) is 0 Å². The van der Waals surface area contributed by atoms with Gasteiger partial charge in [-0.15, -0.1) is 0 Å². The third-order valence-electron chi connectivity index (χ3n) is 4.16. The standard InChI is InChI=1S/C18H18N6O2/c1-2-20-18(26)23-14-10-24-15(22-14)8-13(12-4-3-7-19-9-12)21-17(24)16(25)11-5-6-11/h3-4,7-11H,2,5-6H2,1H3,(H2,20,23,26). The quantitative estimate of drug-likeness (QED) is 0.689. The van der Waals surface area contributed by atoms with E-state index < -0.39 is 0 Å². The molecule has 0 radical (unpaired) electrons. The van der Waals surface area contributed by atoms with Crippen LogP contribution < -0.4 is 10.6 Å². The van der Waals surface area contributed by atoms with Gasteiger partial charge < -0.3 is 5.32 Å². The topological polar surface area (TPSA) is 101 Å². The van der Waals surface area contributed by atoms with Crippen LogP contribution in [0.4, 0.5) is 10.6 Å². The molecule has 0 unspecified atom stereocenters. The average Bonchev–Trinajstić information content (AvgIpc) is 3.41. The molecule has 132 valence electrons. The molecular formula is C18H18N6O2. The van der Waals surface area contributed by atoms with Crippen LogP contribution >= 0.6 is 0 Å². The Bertz CT molecular complexity index is 978. The first-order chi connectivity index (χ1) is 12.7. The molecule has 1 aliphatic carbocycles. The van der Waals surface area contributed by atoms with Gasteiger partial charge >= 0.3 is 6.03 Å². The van der Waals surface area contributed by atoms with Crippen molar-refractivity contribution in [2.75, 3.05) is 11.9 Å². The van der Waals surface area contributed by atoms with E-state index in [-0.39, 0.29) is 17.7 Å². The Balaban J connectivity index is 1.80. The number of ketones is 1. The second-order valence-corrected chi connectivity index (χ2v) is 6.18. The predicted octanol–water partition coefficient (Wildman–Crippen LogP) is 2.53. The maximum absolute atomic E-state index is 12.7. The molecule has 3 heterocycles. The summed E-state index contributed by atoms with van der Waals surface area (Å²) in [6.45, 7) is 2.34. The van der Waals surface area contributed by atoms with Gasteiger partial charge in [-0.3, -0.25) is 19.5 Å². The number of amides is 2. The second-order valence-electron chi connectivity index (χ2n) is 6.18. The van der Waals surface area contributed by atoms with Crippen molar-refractivity contribution in [2.45, 2.75) is 19.8 Å². The number of imidazole rings is 1. The Morgan fingerprint density at radius 3 is 2.85 bits per heavy atom. The van der Waals surface area contributed by atoms with Crippen LogP contribution in [0.5, 0.6) is 0 Å². The van der Waals surface area contributed by atoms with Crippen LogP contribution in [-0.4, -0.2) is 37.7 Å². The van der Waals surface area contributed by atoms with Crippen LogP contribution in [0, 0.1) is 5.92 Å². The molecule has 3 aromatic heterocycles. The van der Waals surface area contributed by atoms with E-state index in [1.165, 1.54) is 0 Å². The van der Waals surface area contributed by atoms with Gasteiger partial charge in [0.1, 0.15) is 5.65 Å². The lowest BCUT2D eigenvalue weighted by Gasteiger charge is -2.06. The summed E-state index contributed by atoms with van der Waals surface area (Å²) >= 11 is 0. The lowest BCUT2D eigenvalue weighted by atomic mass is 10.2. The smallest absolute Gasteiger partial charge is 0.320 e. The summed E-state index contributed by atoms with van der Waals surface area (Å²) in [5, 5.41) is 5.32. The summed E-state index contributed by atoms with van der Waals surface area (Å²) in [4.78, 5) is 37.6. The molecule has 3 aromatic rings. The number of nitrogens with zero attached hydrogens (tertiary/aromatic N) is 4. The van der Waals surface area contributed by atoms with E-state index in [0.29, 0.717) is 29.5 Å². The predicted molar refractivity (Wildman–Crippen MR) is 96.0 cm³/mol. The number of hydrogen-bond acceptors (Lipinski definition) is 5. The summed E-state index contributed by atoms with van der Waals surface area (Å²) < 4.78 is 1.64. The molecule has 0 aliphatic heterocycles. The van der Waals surface area contributed by atoms with Gasteiger partial charge in [0.2, 0.25) is 5.78 Å². The SMILES string of the molecule is CCNC(=O)Nc1cn2c(C(=O)C3CC3)nc(-c3cccnc3)cc2n1. The highest BCUT2D eigenvalue weighted by Crippen LogP contribution is 2.33. The van der Waals surface area contributed by atoms with E-state index in [1.54, 1.807) is 29.1 Å². The second kappa shape index (κ2) is 6.55. The Hall–Kier alpha value is -3.29. The number of aromatic nitrogens is 4. The normalized spacial score (nSPS) is 13.6. The molecule has 0 bridgehead atoms. The highest BCUT2D eigenvalue weighted by molar-refractivity contribution is 5.97. The number of hydrogen-bond donors (Lipinski definition) is 2. The molecule has 0 aromatic carbocycles. The van der Waals surface area contributed by atoms with Gasteiger partial charge in [-0.05, 0) is 31.9 Å². The van der Waals surface area contributed by atoms with Crippen molar-refractivity contribution in [1.29, 1.82) is 0 Å². The van der Waals surface area contributed by atoms with Gasteiger partial charge in [0.15, 0.2) is 11.6 Å². The molecule has 8 nitrogen and oxygen atoms in total. The molecule has 4 rings (SSSR count). The minimum absolute atomic E-state index is 0.00250. The summed E-state index contributed by atoms with van der Waals surface area (Å²) in [5.41, 5.74) is 1.99. The van der Waals surface area contributed by atoms with Crippen molar-refractivity contribution in [2.24, 2.45) is 5.92 Å². The Morgan fingerprint density at radius 2 is 2.15 bits per heavy atom. The number of nitrogens with one attached hydrogen (secondary N) is 2. The Kier molecular flexibility index (Phi) is 4.08. The van der Waals surface area contributed by atoms with E-state index in [1.807, 2.05) is 19.1 Å². The van der Waals surface area contributed by atoms with Crippen molar-refractivity contribution in [1.82, 2.24) is 24.7 Å². The summed E-state index contributed by atoms with van der Waals surface area (Å²) in [5.74, 6) is 0.728. The minimum Gasteiger partial charge on any atom is -0.338 e. The van der Waals surface area contributed by atoms with Gasteiger partial charge in [0.25, 0.3) is 0 Å².